The molecule has 2 heteroatoms. The molecule has 2 atom stereocenters. The number of likely N-dealkylation sites (tertiary alicyclic amines) is 1. The zero-order valence-electron chi connectivity index (χ0n) is 6.08. The number of β-lactam (4-membered cyclic amide) rings is 1. The van der Waals surface area contributed by atoms with Gasteiger partial charge in [-0.2, -0.15) is 0 Å². The molecular formula is C8H11NO. The number of fused-ring (bicyclic) bond motifs is 1. The largest absolute Gasteiger partial charge is 0.335 e. The molecule has 1 saturated heterocycles. The van der Waals surface area contributed by atoms with E-state index in [1.54, 1.807) is 0 Å². The van der Waals surface area contributed by atoms with E-state index >= 15 is 0 Å². The maximum atomic E-state index is 11.1. The lowest BCUT2D eigenvalue weighted by Gasteiger charge is -2.49. The average molecular weight is 137 g/mol. The van der Waals surface area contributed by atoms with Gasteiger partial charge in [0, 0.05) is 6.54 Å². The Hall–Kier alpha value is -0.790. The molecule has 2 unspecified atom stereocenters. The molecule has 0 aromatic carbocycles. The van der Waals surface area contributed by atoms with Gasteiger partial charge in [0.25, 0.3) is 0 Å². The molecule has 2 nitrogen and oxygen atoms in total. The first kappa shape index (κ1) is 5.96. The van der Waals surface area contributed by atoms with Crippen LogP contribution in [0.1, 0.15) is 13.3 Å². The monoisotopic (exact) mass is 137 g/mol. The molecule has 0 aromatic rings. The Morgan fingerprint density at radius 2 is 2.40 bits per heavy atom. The number of nitrogens with zero attached hydrogens (tertiary/aromatic N) is 1. The number of rotatable bonds is 2. The molecule has 10 heavy (non-hydrogen) atoms. The van der Waals surface area contributed by atoms with E-state index in [1.807, 2.05) is 11.0 Å². The zero-order chi connectivity index (χ0) is 7.14. The predicted molar refractivity (Wildman–Crippen MR) is 38.4 cm³/mol. The summed E-state index contributed by atoms with van der Waals surface area (Å²) in [4.78, 5) is 13.0. The van der Waals surface area contributed by atoms with Gasteiger partial charge in [-0.1, -0.05) is 19.1 Å². The Balaban J connectivity index is 2.00. The molecule has 0 saturated carbocycles. The first-order valence-electron chi connectivity index (χ1n) is 3.83. The minimum atomic E-state index is 0.270. The molecule has 0 radical (unpaired) electrons. The van der Waals surface area contributed by atoms with E-state index in [1.165, 1.54) is 0 Å². The van der Waals surface area contributed by atoms with Crippen molar-refractivity contribution in [1.29, 1.82) is 0 Å². The first-order valence-corrected chi connectivity index (χ1v) is 3.83. The van der Waals surface area contributed by atoms with Gasteiger partial charge >= 0.3 is 0 Å². The van der Waals surface area contributed by atoms with Crippen LogP contribution in [0.3, 0.4) is 0 Å². The highest BCUT2D eigenvalue weighted by Crippen LogP contribution is 2.35. The molecule has 0 aromatic heterocycles. The molecule has 2 aliphatic rings. The highest BCUT2D eigenvalue weighted by molar-refractivity contribution is 5.90. The quantitative estimate of drug-likeness (QED) is 0.407. The smallest absolute Gasteiger partial charge is 0.232 e. The normalized spacial score (nSPS) is 34.9. The van der Waals surface area contributed by atoms with Crippen LogP contribution in [0.4, 0.5) is 0 Å². The van der Waals surface area contributed by atoms with Crippen LogP contribution in [0, 0.1) is 5.92 Å². The van der Waals surface area contributed by atoms with Crippen LogP contribution in [0.5, 0.6) is 0 Å². The van der Waals surface area contributed by atoms with Gasteiger partial charge in [-0.15, -0.1) is 0 Å². The summed E-state index contributed by atoms with van der Waals surface area (Å²) < 4.78 is 0. The van der Waals surface area contributed by atoms with E-state index < -0.39 is 0 Å². The summed E-state index contributed by atoms with van der Waals surface area (Å²) in [6.45, 7) is 3.04. The van der Waals surface area contributed by atoms with E-state index in [0.717, 1.165) is 13.0 Å². The van der Waals surface area contributed by atoms with Gasteiger partial charge in [-0.25, -0.2) is 0 Å². The minimum absolute atomic E-state index is 0.270. The second-order valence-electron chi connectivity index (χ2n) is 2.93. The van der Waals surface area contributed by atoms with Crippen molar-refractivity contribution in [3.8, 4) is 0 Å². The highest BCUT2D eigenvalue weighted by atomic mass is 16.2. The van der Waals surface area contributed by atoms with Crippen LogP contribution in [0.15, 0.2) is 12.2 Å². The molecule has 1 aliphatic heterocycles. The molecule has 1 aliphatic carbocycles. The van der Waals surface area contributed by atoms with Crippen molar-refractivity contribution in [2.24, 2.45) is 5.92 Å². The zero-order valence-corrected chi connectivity index (χ0v) is 6.08. The summed E-state index contributed by atoms with van der Waals surface area (Å²) >= 11 is 0. The SMILES string of the molecule is CCCN1C(=O)C2C=CC21. The lowest BCUT2D eigenvalue weighted by Crippen LogP contribution is -2.62. The van der Waals surface area contributed by atoms with Crippen molar-refractivity contribution < 1.29 is 4.79 Å². The van der Waals surface area contributed by atoms with E-state index in [2.05, 4.69) is 13.0 Å². The molecule has 2 rings (SSSR count). The number of amides is 1. The second kappa shape index (κ2) is 1.84. The highest BCUT2D eigenvalue weighted by Gasteiger charge is 2.48. The van der Waals surface area contributed by atoms with Crippen molar-refractivity contribution in [3.05, 3.63) is 12.2 Å². The van der Waals surface area contributed by atoms with Gasteiger partial charge in [-0.05, 0) is 6.42 Å². The van der Waals surface area contributed by atoms with Crippen LogP contribution in [0.2, 0.25) is 0 Å². The van der Waals surface area contributed by atoms with Crippen LogP contribution >= 0.6 is 0 Å². The van der Waals surface area contributed by atoms with Gasteiger partial charge in [0.2, 0.25) is 5.91 Å². The Labute approximate surface area is 60.5 Å². The Morgan fingerprint density at radius 3 is 2.80 bits per heavy atom. The van der Waals surface area contributed by atoms with Gasteiger partial charge < -0.3 is 4.90 Å². The fourth-order valence-electron chi connectivity index (χ4n) is 1.60. The molecule has 1 heterocycles. The van der Waals surface area contributed by atoms with Crippen molar-refractivity contribution in [2.45, 2.75) is 19.4 Å². The van der Waals surface area contributed by atoms with Gasteiger partial charge in [0.1, 0.15) is 0 Å². The number of hydrogen-bond acceptors (Lipinski definition) is 1. The molecule has 0 bridgehead atoms. The summed E-state index contributed by atoms with van der Waals surface area (Å²) in [7, 11) is 0. The van der Waals surface area contributed by atoms with E-state index in [0.29, 0.717) is 11.9 Å². The molecular weight excluding hydrogens is 126 g/mol. The van der Waals surface area contributed by atoms with Crippen molar-refractivity contribution >= 4 is 5.91 Å². The summed E-state index contributed by atoms with van der Waals surface area (Å²) in [5.74, 6) is 0.598. The topological polar surface area (TPSA) is 20.3 Å². The number of hydrogen-bond donors (Lipinski definition) is 0. The van der Waals surface area contributed by atoms with Crippen molar-refractivity contribution in [3.63, 3.8) is 0 Å². The molecule has 1 amide bonds. The third-order valence-corrected chi connectivity index (χ3v) is 2.28. The first-order chi connectivity index (χ1) is 4.84. The van der Waals surface area contributed by atoms with Crippen molar-refractivity contribution in [1.82, 2.24) is 4.90 Å². The summed E-state index contributed by atoms with van der Waals surface area (Å²) in [6.07, 6.45) is 5.18. The maximum absolute atomic E-state index is 11.1. The molecule has 0 spiro atoms. The number of carbonyl (C=O) groups is 1. The standard InChI is InChI=1S/C8H11NO/c1-2-5-9-7-4-3-6(7)8(9)10/h3-4,6-7H,2,5H2,1H3. The third kappa shape index (κ3) is 0.516. The second-order valence-corrected chi connectivity index (χ2v) is 2.93. The Kier molecular flexibility index (Phi) is 1.10. The van der Waals surface area contributed by atoms with Crippen molar-refractivity contribution in [2.75, 3.05) is 6.54 Å². The number of carbonyl (C=O) groups excluding carboxylic acids is 1. The summed E-state index contributed by atoms with van der Waals surface area (Å²) in [5, 5.41) is 0. The van der Waals surface area contributed by atoms with E-state index in [4.69, 9.17) is 0 Å². The lowest BCUT2D eigenvalue weighted by atomic mass is 9.78. The third-order valence-electron chi connectivity index (χ3n) is 2.28. The lowest BCUT2D eigenvalue weighted by molar-refractivity contribution is -0.151. The Morgan fingerprint density at radius 1 is 1.60 bits per heavy atom. The van der Waals surface area contributed by atoms with Crippen LogP contribution in [0.25, 0.3) is 0 Å². The minimum Gasteiger partial charge on any atom is -0.335 e. The van der Waals surface area contributed by atoms with Gasteiger partial charge in [0.05, 0.1) is 12.0 Å². The molecule has 0 N–H and O–H groups in total. The summed E-state index contributed by atoms with van der Waals surface area (Å²) in [6, 6.07) is 0.479. The average Bonchev–Trinajstić information content (AvgIpc) is 1.85. The van der Waals surface area contributed by atoms with Crippen LogP contribution in [-0.2, 0) is 4.79 Å². The Bertz CT molecular complexity index is 197. The molecule has 1 fully saturated rings. The fourth-order valence-corrected chi connectivity index (χ4v) is 1.60. The maximum Gasteiger partial charge on any atom is 0.232 e. The van der Waals surface area contributed by atoms with Crippen LogP contribution in [-0.4, -0.2) is 23.4 Å². The molecule has 54 valence electrons. The van der Waals surface area contributed by atoms with E-state index in [9.17, 15) is 4.79 Å². The summed E-state index contributed by atoms with van der Waals surface area (Å²) in [5.41, 5.74) is 0. The van der Waals surface area contributed by atoms with Gasteiger partial charge in [0.15, 0.2) is 0 Å². The van der Waals surface area contributed by atoms with Gasteiger partial charge in [-0.3, -0.25) is 4.79 Å². The van der Waals surface area contributed by atoms with Crippen LogP contribution < -0.4 is 0 Å². The predicted octanol–water partition coefficient (Wildman–Crippen LogP) is 0.793. The van der Waals surface area contributed by atoms with E-state index in [-0.39, 0.29) is 5.92 Å². The fraction of sp³-hybridized carbons (Fsp3) is 0.625.